The standard InChI is InChI=1S/C9H19NO/c1-7(2)8(10)9(11)5-3-4-6-9/h7-8,11H,3-6,10H2,1-2H3/t8-/m1/s1. The average Bonchev–Trinajstić information content (AvgIpc) is 2.35. The van der Waals surface area contributed by atoms with Crippen LogP contribution in [0.25, 0.3) is 0 Å². The summed E-state index contributed by atoms with van der Waals surface area (Å²) in [7, 11) is 0. The number of aliphatic hydroxyl groups is 1. The van der Waals surface area contributed by atoms with E-state index in [4.69, 9.17) is 5.73 Å². The maximum Gasteiger partial charge on any atom is 0.0800 e. The summed E-state index contributed by atoms with van der Waals surface area (Å²) < 4.78 is 0. The molecule has 2 nitrogen and oxygen atoms in total. The van der Waals surface area contributed by atoms with E-state index in [2.05, 4.69) is 13.8 Å². The Bertz CT molecular complexity index is 128. The maximum atomic E-state index is 10.0. The summed E-state index contributed by atoms with van der Waals surface area (Å²) in [5, 5.41) is 10.0. The van der Waals surface area contributed by atoms with Crippen LogP contribution in [0.15, 0.2) is 0 Å². The molecule has 11 heavy (non-hydrogen) atoms. The molecule has 0 spiro atoms. The van der Waals surface area contributed by atoms with Gasteiger partial charge in [-0.05, 0) is 18.8 Å². The van der Waals surface area contributed by atoms with Crippen molar-refractivity contribution >= 4 is 0 Å². The lowest BCUT2D eigenvalue weighted by Gasteiger charge is -2.32. The van der Waals surface area contributed by atoms with Gasteiger partial charge in [0.2, 0.25) is 0 Å². The molecule has 1 atom stereocenters. The van der Waals surface area contributed by atoms with Crippen LogP contribution < -0.4 is 5.73 Å². The summed E-state index contributed by atoms with van der Waals surface area (Å²) in [4.78, 5) is 0. The normalized spacial score (nSPS) is 25.9. The van der Waals surface area contributed by atoms with Crippen molar-refractivity contribution in [3.05, 3.63) is 0 Å². The van der Waals surface area contributed by atoms with Crippen LogP contribution in [-0.2, 0) is 0 Å². The number of hydrogen-bond acceptors (Lipinski definition) is 2. The minimum atomic E-state index is -0.547. The van der Waals surface area contributed by atoms with Gasteiger partial charge in [-0.1, -0.05) is 26.7 Å². The highest BCUT2D eigenvalue weighted by Gasteiger charge is 2.38. The van der Waals surface area contributed by atoms with Gasteiger partial charge in [-0.15, -0.1) is 0 Å². The lowest BCUT2D eigenvalue weighted by atomic mass is 9.86. The van der Waals surface area contributed by atoms with Crippen molar-refractivity contribution in [2.75, 3.05) is 0 Å². The van der Waals surface area contributed by atoms with Crippen molar-refractivity contribution in [2.45, 2.75) is 51.2 Å². The Kier molecular flexibility index (Phi) is 2.55. The fraction of sp³-hybridized carbons (Fsp3) is 1.00. The van der Waals surface area contributed by atoms with Crippen LogP contribution in [0, 0.1) is 5.92 Å². The molecule has 1 aliphatic rings. The first-order valence-electron chi connectivity index (χ1n) is 4.54. The summed E-state index contributed by atoms with van der Waals surface area (Å²) in [6, 6.07) is -0.0370. The molecule has 1 rings (SSSR count). The van der Waals surface area contributed by atoms with E-state index < -0.39 is 5.60 Å². The van der Waals surface area contributed by atoms with Crippen LogP contribution >= 0.6 is 0 Å². The molecule has 0 heterocycles. The fourth-order valence-corrected chi connectivity index (χ4v) is 1.94. The smallest absolute Gasteiger partial charge is 0.0800 e. The SMILES string of the molecule is CC(C)[C@@H](N)C1(O)CCCC1. The van der Waals surface area contributed by atoms with Crippen molar-refractivity contribution < 1.29 is 5.11 Å². The third-order valence-corrected chi connectivity index (χ3v) is 2.81. The molecule has 2 heteroatoms. The van der Waals surface area contributed by atoms with Gasteiger partial charge in [0.15, 0.2) is 0 Å². The van der Waals surface area contributed by atoms with E-state index in [1.54, 1.807) is 0 Å². The first-order chi connectivity index (χ1) is 5.06. The second kappa shape index (κ2) is 3.11. The van der Waals surface area contributed by atoms with E-state index in [-0.39, 0.29) is 6.04 Å². The third-order valence-electron chi connectivity index (χ3n) is 2.81. The Hall–Kier alpha value is -0.0800. The number of nitrogens with two attached hydrogens (primary N) is 1. The van der Waals surface area contributed by atoms with E-state index >= 15 is 0 Å². The Balaban J connectivity index is 2.56. The monoisotopic (exact) mass is 157 g/mol. The lowest BCUT2D eigenvalue weighted by molar-refractivity contribution is 0.00658. The van der Waals surface area contributed by atoms with Crippen LogP contribution in [0.4, 0.5) is 0 Å². The van der Waals surface area contributed by atoms with Crippen LogP contribution in [-0.4, -0.2) is 16.7 Å². The van der Waals surface area contributed by atoms with Crippen LogP contribution in [0.2, 0.25) is 0 Å². The molecule has 66 valence electrons. The Morgan fingerprint density at radius 2 is 1.73 bits per heavy atom. The summed E-state index contributed by atoms with van der Waals surface area (Å²) in [6.07, 6.45) is 4.06. The Labute approximate surface area is 68.8 Å². The van der Waals surface area contributed by atoms with Crippen molar-refractivity contribution in [1.29, 1.82) is 0 Å². The molecule has 0 unspecified atom stereocenters. The van der Waals surface area contributed by atoms with Crippen molar-refractivity contribution in [3.63, 3.8) is 0 Å². The molecular weight excluding hydrogens is 138 g/mol. The number of rotatable bonds is 2. The quantitative estimate of drug-likeness (QED) is 0.634. The highest BCUT2D eigenvalue weighted by molar-refractivity contribution is 4.94. The first-order valence-corrected chi connectivity index (χ1v) is 4.54. The van der Waals surface area contributed by atoms with Crippen LogP contribution in [0.5, 0.6) is 0 Å². The fourth-order valence-electron chi connectivity index (χ4n) is 1.94. The van der Waals surface area contributed by atoms with E-state index in [1.807, 2.05) is 0 Å². The van der Waals surface area contributed by atoms with Crippen molar-refractivity contribution in [1.82, 2.24) is 0 Å². The molecule has 0 aromatic rings. The van der Waals surface area contributed by atoms with Gasteiger partial charge < -0.3 is 10.8 Å². The minimum Gasteiger partial charge on any atom is -0.388 e. The lowest BCUT2D eigenvalue weighted by Crippen LogP contribution is -2.49. The second-order valence-corrected chi connectivity index (χ2v) is 4.08. The molecule has 1 fully saturated rings. The molecule has 0 radical (unpaired) electrons. The molecule has 0 amide bonds. The van der Waals surface area contributed by atoms with E-state index in [1.165, 1.54) is 0 Å². The van der Waals surface area contributed by atoms with E-state index in [0.717, 1.165) is 25.7 Å². The van der Waals surface area contributed by atoms with Gasteiger partial charge in [0.05, 0.1) is 5.60 Å². The third kappa shape index (κ3) is 1.74. The molecule has 0 aromatic carbocycles. The summed E-state index contributed by atoms with van der Waals surface area (Å²) in [5.74, 6) is 0.387. The molecule has 0 saturated heterocycles. The molecule has 3 N–H and O–H groups in total. The summed E-state index contributed by atoms with van der Waals surface area (Å²) in [5.41, 5.74) is 5.36. The van der Waals surface area contributed by atoms with Gasteiger partial charge in [-0.25, -0.2) is 0 Å². The molecule has 0 aliphatic heterocycles. The molecule has 0 bridgehead atoms. The van der Waals surface area contributed by atoms with Gasteiger partial charge in [-0.3, -0.25) is 0 Å². The van der Waals surface area contributed by atoms with Crippen molar-refractivity contribution in [2.24, 2.45) is 11.7 Å². The second-order valence-electron chi connectivity index (χ2n) is 4.08. The maximum absolute atomic E-state index is 10.0. The van der Waals surface area contributed by atoms with E-state index in [0.29, 0.717) is 5.92 Å². The molecule has 1 saturated carbocycles. The van der Waals surface area contributed by atoms with Gasteiger partial charge >= 0.3 is 0 Å². The molecule has 0 aromatic heterocycles. The Morgan fingerprint density at radius 3 is 2.09 bits per heavy atom. The summed E-state index contributed by atoms with van der Waals surface area (Å²) in [6.45, 7) is 4.14. The van der Waals surface area contributed by atoms with Gasteiger partial charge in [0, 0.05) is 6.04 Å². The average molecular weight is 157 g/mol. The first kappa shape index (κ1) is 9.01. The predicted octanol–water partition coefficient (Wildman–Crippen LogP) is 1.27. The highest BCUT2D eigenvalue weighted by atomic mass is 16.3. The molecule has 1 aliphatic carbocycles. The van der Waals surface area contributed by atoms with E-state index in [9.17, 15) is 5.11 Å². The van der Waals surface area contributed by atoms with Crippen molar-refractivity contribution in [3.8, 4) is 0 Å². The van der Waals surface area contributed by atoms with Gasteiger partial charge in [0.1, 0.15) is 0 Å². The van der Waals surface area contributed by atoms with Gasteiger partial charge in [-0.2, -0.15) is 0 Å². The zero-order chi connectivity index (χ0) is 8.48. The van der Waals surface area contributed by atoms with Crippen LogP contribution in [0.1, 0.15) is 39.5 Å². The predicted molar refractivity (Wildman–Crippen MR) is 46.2 cm³/mol. The topological polar surface area (TPSA) is 46.2 Å². The summed E-state index contributed by atoms with van der Waals surface area (Å²) >= 11 is 0. The zero-order valence-corrected chi connectivity index (χ0v) is 7.51. The van der Waals surface area contributed by atoms with Gasteiger partial charge in [0.25, 0.3) is 0 Å². The number of hydrogen-bond donors (Lipinski definition) is 2. The van der Waals surface area contributed by atoms with Crippen LogP contribution in [0.3, 0.4) is 0 Å². The molecular formula is C9H19NO. The minimum absolute atomic E-state index is 0.0370. The Morgan fingerprint density at radius 1 is 1.27 bits per heavy atom. The highest BCUT2D eigenvalue weighted by Crippen LogP contribution is 2.33. The largest absolute Gasteiger partial charge is 0.388 e. The zero-order valence-electron chi connectivity index (χ0n) is 7.51.